The zero-order chi connectivity index (χ0) is 18.6. The van der Waals surface area contributed by atoms with Crippen LogP contribution in [0.3, 0.4) is 0 Å². The standard InChI is InChI=1S/C21H16ClN3O2/c22-16-5-3-4-14(10-16)11-20-25-18-8-7-15(12-19(18)27-20)21(26)24-13-17-6-1-2-9-23-17/h1-10,12H,11,13H2,(H,24,26). The number of nitrogens with one attached hydrogen (secondary N) is 1. The maximum Gasteiger partial charge on any atom is 0.251 e. The summed E-state index contributed by atoms with van der Waals surface area (Å²) < 4.78 is 5.82. The molecule has 27 heavy (non-hydrogen) atoms. The van der Waals surface area contributed by atoms with Crippen LogP contribution in [0.25, 0.3) is 11.1 Å². The van der Waals surface area contributed by atoms with E-state index in [1.165, 1.54) is 0 Å². The Morgan fingerprint density at radius 2 is 2.00 bits per heavy atom. The van der Waals surface area contributed by atoms with E-state index in [0.29, 0.717) is 40.5 Å². The molecule has 0 unspecified atom stereocenters. The molecular weight excluding hydrogens is 362 g/mol. The smallest absolute Gasteiger partial charge is 0.251 e. The Balaban J connectivity index is 1.49. The number of rotatable bonds is 5. The van der Waals surface area contributed by atoms with Gasteiger partial charge < -0.3 is 9.73 Å². The number of fused-ring (bicyclic) bond motifs is 1. The van der Waals surface area contributed by atoms with Crippen LogP contribution < -0.4 is 5.32 Å². The minimum Gasteiger partial charge on any atom is -0.440 e. The third-order valence-corrected chi connectivity index (χ3v) is 4.33. The molecule has 134 valence electrons. The second-order valence-corrected chi connectivity index (χ2v) is 6.54. The van der Waals surface area contributed by atoms with E-state index in [1.807, 2.05) is 42.5 Å². The van der Waals surface area contributed by atoms with Gasteiger partial charge in [-0.1, -0.05) is 29.8 Å². The van der Waals surface area contributed by atoms with Gasteiger partial charge in [0.2, 0.25) is 0 Å². The highest BCUT2D eigenvalue weighted by atomic mass is 35.5. The van der Waals surface area contributed by atoms with E-state index in [0.717, 1.165) is 11.3 Å². The molecule has 0 fully saturated rings. The van der Waals surface area contributed by atoms with Crippen LogP contribution in [0.5, 0.6) is 0 Å². The number of oxazole rings is 1. The van der Waals surface area contributed by atoms with Crippen molar-refractivity contribution in [3.05, 3.63) is 94.6 Å². The average Bonchev–Trinajstić information content (AvgIpc) is 3.08. The Hall–Kier alpha value is -3.18. The predicted octanol–water partition coefficient (Wildman–Crippen LogP) is 4.40. The fourth-order valence-electron chi connectivity index (χ4n) is 2.79. The van der Waals surface area contributed by atoms with Gasteiger partial charge in [-0.2, -0.15) is 0 Å². The highest BCUT2D eigenvalue weighted by Gasteiger charge is 2.11. The largest absolute Gasteiger partial charge is 0.440 e. The first kappa shape index (κ1) is 17.2. The highest BCUT2D eigenvalue weighted by Crippen LogP contribution is 2.20. The molecule has 1 amide bonds. The van der Waals surface area contributed by atoms with Crippen LogP contribution in [0.1, 0.15) is 27.5 Å². The maximum absolute atomic E-state index is 12.4. The fraction of sp³-hybridized carbons (Fsp3) is 0.0952. The minimum atomic E-state index is -0.185. The molecule has 4 aromatic rings. The molecule has 0 bridgehead atoms. The Kier molecular flexibility index (Phi) is 4.85. The molecule has 0 aliphatic carbocycles. The Morgan fingerprint density at radius 3 is 2.81 bits per heavy atom. The molecule has 0 atom stereocenters. The summed E-state index contributed by atoms with van der Waals surface area (Å²) in [5.74, 6) is 0.397. The molecule has 4 rings (SSSR count). The molecule has 0 spiro atoms. The van der Waals surface area contributed by atoms with E-state index >= 15 is 0 Å². The number of amides is 1. The average molecular weight is 378 g/mol. The van der Waals surface area contributed by atoms with E-state index < -0.39 is 0 Å². The quantitative estimate of drug-likeness (QED) is 0.559. The lowest BCUT2D eigenvalue weighted by Crippen LogP contribution is -2.23. The molecule has 2 heterocycles. The number of pyridine rings is 1. The van der Waals surface area contributed by atoms with E-state index in [2.05, 4.69) is 15.3 Å². The lowest BCUT2D eigenvalue weighted by Gasteiger charge is -2.04. The lowest BCUT2D eigenvalue weighted by atomic mass is 10.1. The van der Waals surface area contributed by atoms with Gasteiger partial charge >= 0.3 is 0 Å². The molecule has 0 radical (unpaired) electrons. The van der Waals surface area contributed by atoms with Gasteiger partial charge in [0, 0.05) is 23.2 Å². The van der Waals surface area contributed by atoms with Crippen LogP contribution in [-0.2, 0) is 13.0 Å². The minimum absolute atomic E-state index is 0.185. The van der Waals surface area contributed by atoms with Gasteiger partial charge in [-0.3, -0.25) is 9.78 Å². The number of hydrogen-bond donors (Lipinski definition) is 1. The molecule has 1 N–H and O–H groups in total. The summed E-state index contributed by atoms with van der Waals surface area (Å²) >= 11 is 6.02. The molecule has 2 aromatic heterocycles. The van der Waals surface area contributed by atoms with Crippen molar-refractivity contribution >= 4 is 28.6 Å². The Labute approximate surface area is 161 Å². The molecular formula is C21H16ClN3O2. The second kappa shape index (κ2) is 7.60. The number of halogens is 1. The van der Waals surface area contributed by atoms with Crippen molar-refractivity contribution in [3.8, 4) is 0 Å². The summed E-state index contributed by atoms with van der Waals surface area (Å²) in [5.41, 5.74) is 3.63. The second-order valence-electron chi connectivity index (χ2n) is 6.10. The first-order valence-electron chi connectivity index (χ1n) is 8.49. The normalized spacial score (nSPS) is 10.9. The fourth-order valence-corrected chi connectivity index (χ4v) is 3.00. The third kappa shape index (κ3) is 4.15. The van der Waals surface area contributed by atoms with Crippen LogP contribution in [0.4, 0.5) is 0 Å². The van der Waals surface area contributed by atoms with Crippen molar-refractivity contribution in [1.29, 1.82) is 0 Å². The van der Waals surface area contributed by atoms with Gasteiger partial charge in [-0.15, -0.1) is 0 Å². The summed E-state index contributed by atoms with van der Waals surface area (Å²) in [7, 11) is 0. The number of nitrogens with zero attached hydrogens (tertiary/aromatic N) is 2. The number of benzene rings is 2. The van der Waals surface area contributed by atoms with Gasteiger partial charge in [-0.05, 0) is 48.0 Å². The van der Waals surface area contributed by atoms with E-state index in [9.17, 15) is 4.79 Å². The van der Waals surface area contributed by atoms with Gasteiger partial charge in [0.05, 0.1) is 12.2 Å². The number of aromatic nitrogens is 2. The highest BCUT2D eigenvalue weighted by molar-refractivity contribution is 6.30. The van der Waals surface area contributed by atoms with E-state index in [4.69, 9.17) is 16.0 Å². The van der Waals surface area contributed by atoms with Crippen LogP contribution in [0, 0.1) is 0 Å². The molecule has 0 aliphatic heterocycles. The van der Waals surface area contributed by atoms with Gasteiger partial charge in [0.15, 0.2) is 11.5 Å². The van der Waals surface area contributed by atoms with Gasteiger partial charge in [-0.25, -0.2) is 4.98 Å². The first-order chi connectivity index (χ1) is 13.2. The number of carbonyl (C=O) groups is 1. The van der Waals surface area contributed by atoms with Crippen molar-refractivity contribution in [2.24, 2.45) is 0 Å². The Bertz CT molecular complexity index is 1090. The number of hydrogen-bond acceptors (Lipinski definition) is 4. The molecule has 0 saturated heterocycles. The zero-order valence-corrected chi connectivity index (χ0v) is 15.1. The topological polar surface area (TPSA) is 68.0 Å². The van der Waals surface area contributed by atoms with E-state index in [-0.39, 0.29) is 5.91 Å². The van der Waals surface area contributed by atoms with Crippen molar-refractivity contribution in [2.75, 3.05) is 0 Å². The van der Waals surface area contributed by atoms with Crippen LogP contribution in [0.15, 0.2) is 71.3 Å². The monoisotopic (exact) mass is 377 g/mol. The Morgan fingerprint density at radius 1 is 1.07 bits per heavy atom. The molecule has 2 aromatic carbocycles. The summed E-state index contributed by atoms with van der Waals surface area (Å²) in [5, 5.41) is 3.53. The van der Waals surface area contributed by atoms with Crippen LogP contribution >= 0.6 is 11.6 Å². The van der Waals surface area contributed by atoms with Crippen molar-refractivity contribution < 1.29 is 9.21 Å². The van der Waals surface area contributed by atoms with Crippen LogP contribution in [0.2, 0.25) is 5.02 Å². The van der Waals surface area contributed by atoms with Crippen LogP contribution in [-0.4, -0.2) is 15.9 Å². The molecule has 0 saturated carbocycles. The van der Waals surface area contributed by atoms with Crippen molar-refractivity contribution in [1.82, 2.24) is 15.3 Å². The number of carbonyl (C=O) groups excluding carboxylic acids is 1. The predicted molar refractivity (Wildman–Crippen MR) is 104 cm³/mol. The summed E-state index contributed by atoms with van der Waals surface area (Å²) in [6.07, 6.45) is 2.24. The molecule has 6 heteroatoms. The van der Waals surface area contributed by atoms with Gasteiger partial charge in [0.25, 0.3) is 5.91 Å². The van der Waals surface area contributed by atoms with Crippen molar-refractivity contribution in [3.63, 3.8) is 0 Å². The molecule has 5 nitrogen and oxygen atoms in total. The molecule has 0 aliphatic rings. The van der Waals surface area contributed by atoms with Crippen molar-refractivity contribution in [2.45, 2.75) is 13.0 Å². The van der Waals surface area contributed by atoms with Gasteiger partial charge in [0.1, 0.15) is 5.52 Å². The lowest BCUT2D eigenvalue weighted by molar-refractivity contribution is 0.0950. The summed E-state index contributed by atoms with van der Waals surface area (Å²) in [4.78, 5) is 21.1. The zero-order valence-electron chi connectivity index (χ0n) is 14.4. The third-order valence-electron chi connectivity index (χ3n) is 4.10. The first-order valence-corrected chi connectivity index (χ1v) is 8.87. The summed E-state index contributed by atoms with van der Waals surface area (Å²) in [6, 6.07) is 18.4. The SMILES string of the molecule is O=C(NCc1ccccn1)c1ccc2nc(Cc3cccc(Cl)c3)oc2c1. The summed E-state index contributed by atoms with van der Waals surface area (Å²) in [6.45, 7) is 0.369. The maximum atomic E-state index is 12.4. The van der Waals surface area contributed by atoms with E-state index in [1.54, 1.807) is 24.4 Å².